The Hall–Kier alpha value is 0.0400. The molecule has 0 saturated heterocycles. The van der Waals surface area contributed by atoms with Crippen LogP contribution in [-0.4, -0.2) is 3.46 Å². The summed E-state index contributed by atoms with van der Waals surface area (Å²) in [6.07, 6.45) is 0. The maximum atomic E-state index is 4.57. The smallest absolute Gasteiger partial charge is 0.0446 e. The fraction of sp³-hybridized carbons (Fsp3) is 0. The van der Waals surface area contributed by atoms with Gasteiger partial charge in [-0.3, -0.25) is 0 Å². The predicted octanol–water partition coefficient (Wildman–Crippen LogP) is -0.935. The first-order valence-electron chi connectivity index (χ1n) is 0.623. The largest absolute Gasteiger partial charge is 0.214 e. The van der Waals surface area contributed by atoms with Crippen LogP contribution in [0, 0.1) is 0 Å². The third-order valence-electron chi connectivity index (χ3n) is 0. The zero-order valence-corrected chi connectivity index (χ0v) is 3.47. The quantitative estimate of drug-likeness (QED) is 0.182. The fourth-order valence-electron chi connectivity index (χ4n) is 0. The van der Waals surface area contributed by atoms with Gasteiger partial charge in [-0.25, -0.2) is 5.84 Å². The molecule has 0 aliphatic heterocycles. The van der Waals surface area contributed by atoms with E-state index in [9.17, 15) is 0 Å². The summed E-state index contributed by atoms with van der Waals surface area (Å²) in [4.78, 5) is 0. The van der Waals surface area contributed by atoms with Crippen molar-refractivity contribution >= 4 is 25.2 Å². The Morgan fingerprint density at radius 2 is 2.00 bits per heavy atom. The lowest BCUT2D eigenvalue weighted by atomic mass is 13.0. The molecule has 0 aromatic heterocycles. The minimum atomic E-state index is 0.667. The number of nitrogens with zero attached hydrogens (tertiary/aromatic N) is 1. The van der Waals surface area contributed by atoms with Crippen molar-refractivity contribution in [2.75, 3.05) is 0 Å². The molecule has 0 aliphatic rings. The van der Waals surface area contributed by atoms with Crippen LogP contribution in [0.15, 0.2) is 0 Å². The highest BCUT2D eigenvalue weighted by molar-refractivity contribution is 7.58. The van der Waals surface area contributed by atoms with Gasteiger partial charge in [0.2, 0.25) is 0 Å². The monoisotopic (exact) mass is 94.0 g/mol. The Labute approximate surface area is 35.3 Å². The molecule has 2 nitrogen and oxygen atoms in total. The summed E-state index contributed by atoms with van der Waals surface area (Å²) in [7, 11) is 0. The van der Waals surface area contributed by atoms with E-state index in [-0.39, 0.29) is 0 Å². The van der Waals surface area contributed by atoms with Gasteiger partial charge in [0.25, 0.3) is 0 Å². The summed E-state index contributed by atoms with van der Waals surface area (Å²) in [5.74, 6) is 4.57. The molecule has 0 unspecified atom stereocenters. The first-order valence-corrected chi connectivity index (χ1v) is 1.35. The van der Waals surface area contributed by atoms with Crippen LogP contribution in [0.2, 0.25) is 0 Å². The van der Waals surface area contributed by atoms with Gasteiger partial charge in [-0.15, -0.1) is 0 Å². The predicted molar refractivity (Wildman–Crippen MR) is 19.2 cm³/mol. The van der Waals surface area contributed by atoms with E-state index in [2.05, 4.69) is 31.1 Å². The first kappa shape index (κ1) is 4.04. The lowest BCUT2D eigenvalue weighted by Crippen LogP contribution is -2.05. The van der Waals surface area contributed by atoms with Crippen LogP contribution in [0.25, 0.3) is 0 Å². The molecule has 2 N–H and O–H groups in total. The molecule has 0 amide bonds. The highest BCUT2D eigenvalue weighted by Gasteiger charge is 1.45. The molecular weight excluding hydrogens is 92.1 g/mol. The summed E-state index contributed by atoms with van der Waals surface area (Å²) in [6.45, 7) is 0. The van der Waals surface area contributed by atoms with Crippen molar-refractivity contribution in [1.82, 2.24) is 0 Å². The lowest BCUT2D eigenvalue weighted by Gasteiger charge is -1.71. The maximum Gasteiger partial charge on any atom is -0.0446 e. The second-order valence-corrected chi connectivity index (χ2v) is 1.30. The molecule has 0 spiro atoms. The van der Waals surface area contributed by atoms with E-state index < -0.39 is 0 Å². The van der Waals surface area contributed by atoms with Gasteiger partial charge in [-0.2, -0.15) is 3.46 Å². The Morgan fingerprint density at radius 1 is 2.00 bits per heavy atom. The van der Waals surface area contributed by atoms with Crippen LogP contribution < -0.4 is 5.84 Å². The molecule has 24 valence electrons. The van der Waals surface area contributed by atoms with E-state index in [1.54, 1.807) is 0 Å². The second kappa shape index (κ2) is 1.37. The summed E-state index contributed by atoms with van der Waals surface area (Å²) in [5.41, 5.74) is 0. The molecule has 0 aromatic rings. The SMILES string of the molecule is N[N+](=S)[S-]. The zero-order valence-electron chi connectivity index (χ0n) is 1.84. The van der Waals surface area contributed by atoms with Gasteiger partial charge >= 0.3 is 0 Å². The van der Waals surface area contributed by atoms with E-state index in [4.69, 9.17) is 0 Å². The molecule has 0 fully saturated rings. The molecule has 0 atom stereocenters. The fourth-order valence-corrected chi connectivity index (χ4v) is 0. The Morgan fingerprint density at radius 3 is 2.00 bits per heavy atom. The minimum Gasteiger partial charge on any atom is -0.214 e. The molecule has 0 bridgehead atoms. The van der Waals surface area contributed by atoms with E-state index in [1.165, 1.54) is 0 Å². The number of hydrogen-bond acceptors (Lipinski definition) is 2. The third-order valence-corrected chi connectivity index (χ3v) is 0. The summed E-state index contributed by atoms with van der Waals surface area (Å²) < 4.78 is 0.667. The van der Waals surface area contributed by atoms with Crippen molar-refractivity contribution < 1.29 is 3.46 Å². The molecular formula is H2N2S2. The van der Waals surface area contributed by atoms with Crippen molar-refractivity contribution in [1.29, 1.82) is 0 Å². The van der Waals surface area contributed by atoms with Crippen LogP contribution in [0.5, 0.6) is 0 Å². The van der Waals surface area contributed by atoms with Crippen molar-refractivity contribution in [3.8, 4) is 0 Å². The Kier molecular flexibility index (Phi) is 1.38. The van der Waals surface area contributed by atoms with Crippen molar-refractivity contribution in [2.24, 2.45) is 5.84 Å². The van der Waals surface area contributed by atoms with Gasteiger partial charge in [0.05, 0.1) is 0 Å². The lowest BCUT2D eigenvalue weighted by molar-refractivity contribution is -0.322. The molecule has 0 aliphatic carbocycles. The van der Waals surface area contributed by atoms with E-state index in [1.807, 2.05) is 0 Å². The van der Waals surface area contributed by atoms with Gasteiger partial charge in [0.15, 0.2) is 0 Å². The average molecular weight is 94.2 g/mol. The van der Waals surface area contributed by atoms with Crippen molar-refractivity contribution in [3.05, 3.63) is 0 Å². The van der Waals surface area contributed by atoms with Crippen LogP contribution in [0.1, 0.15) is 0 Å². The average Bonchev–Trinajstić information content (AvgIpc) is 0.811. The molecule has 0 aromatic carbocycles. The normalized spacial score (nSPS) is 6.00. The molecule has 4 heteroatoms. The minimum absolute atomic E-state index is 0.667. The van der Waals surface area contributed by atoms with E-state index in [0.717, 1.165) is 0 Å². The van der Waals surface area contributed by atoms with Crippen molar-refractivity contribution in [3.63, 3.8) is 0 Å². The van der Waals surface area contributed by atoms with Gasteiger partial charge in [0.1, 0.15) is 0 Å². The third kappa shape index (κ3) is 1380. The van der Waals surface area contributed by atoms with Gasteiger partial charge in [-0.1, -0.05) is 0 Å². The van der Waals surface area contributed by atoms with Gasteiger partial charge in [0, 0.05) is 0 Å². The molecule has 0 radical (unpaired) electrons. The highest BCUT2D eigenvalue weighted by atomic mass is 32.2. The van der Waals surface area contributed by atoms with E-state index >= 15 is 0 Å². The van der Waals surface area contributed by atoms with Crippen LogP contribution in [0.3, 0.4) is 0 Å². The highest BCUT2D eigenvalue weighted by Crippen LogP contribution is 1.27. The molecule has 0 heterocycles. The molecule has 4 heavy (non-hydrogen) atoms. The summed E-state index contributed by atoms with van der Waals surface area (Å²) in [6, 6.07) is 0. The topological polar surface area (TPSA) is 29.0 Å². The Balaban J connectivity index is 2.80. The maximum absolute atomic E-state index is 4.57. The van der Waals surface area contributed by atoms with Crippen molar-refractivity contribution in [2.45, 2.75) is 0 Å². The zero-order chi connectivity index (χ0) is 3.58. The van der Waals surface area contributed by atoms with Crippen LogP contribution in [0.4, 0.5) is 0 Å². The van der Waals surface area contributed by atoms with E-state index in [0.29, 0.717) is 3.46 Å². The van der Waals surface area contributed by atoms with Crippen LogP contribution in [-0.2, 0) is 25.2 Å². The number of hydrogen-bond donors (Lipinski definition) is 1. The van der Waals surface area contributed by atoms with Crippen LogP contribution >= 0.6 is 0 Å². The summed E-state index contributed by atoms with van der Waals surface area (Å²) in [5, 5.41) is 0. The second-order valence-electron chi connectivity index (χ2n) is 0.285. The number of hydrazine groups is 1. The first-order chi connectivity index (χ1) is 1.73. The van der Waals surface area contributed by atoms with Gasteiger partial charge < -0.3 is 0 Å². The Bertz CT molecular complexity index is 27.0. The molecule has 0 rings (SSSR count). The number of nitrogens with two attached hydrogens (primary N) is 1. The number of rotatable bonds is 0. The molecule has 0 saturated carbocycles. The van der Waals surface area contributed by atoms with Gasteiger partial charge in [-0.05, 0) is 25.2 Å². The summed E-state index contributed by atoms with van der Waals surface area (Å²) >= 11 is 8.09. The standard InChI is InChI=1S/H2N2S2/c1-2(3)4/h(H2,1,3,4).